The van der Waals surface area contributed by atoms with Crippen LogP contribution in [0.15, 0.2) is 24.3 Å². The number of halogens is 1. The van der Waals surface area contributed by atoms with E-state index in [0.717, 1.165) is 6.54 Å². The standard InChI is InChI=1S/C14H21ClN2O3/c1-11(20-13-6-4-3-5-12(13)15)14(18)17-8-7-16-9-10-19-2/h3-6,11,16H,7-10H2,1-2H3,(H,17,18). The fourth-order valence-corrected chi connectivity index (χ4v) is 1.68. The second kappa shape index (κ2) is 9.58. The van der Waals surface area contributed by atoms with E-state index in [2.05, 4.69) is 10.6 Å². The van der Waals surface area contributed by atoms with Crippen LogP contribution in [0.25, 0.3) is 0 Å². The number of carbonyl (C=O) groups is 1. The van der Waals surface area contributed by atoms with E-state index in [-0.39, 0.29) is 5.91 Å². The predicted molar refractivity (Wildman–Crippen MR) is 79.3 cm³/mol. The van der Waals surface area contributed by atoms with Crippen molar-refractivity contribution < 1.29 is 14.3 Å². The molecule has 0 bridgehead atoms. The van der Waals surface area contributed by atoms with Gasteiger partial charge in [0.05, 0.1) is 11.6 Å². The highest BCUT2D eigenvalue weighted by atomic mass is 35.5. The molecule has 0 aliphatic rings. The van der Waals surface area contributed by atoms with Crippen LogP contribution in [-0.4, -0.2) is 45.4 Å². The van der Waals surface area contributed by atoms with Gasteiger partial charge in [-0.3, -0.25) is 4.79 Å². The molecule has 2 N–H and O–H groups in total. The molecule has 6 heteroatoms. The Hall–Kier alpha value is -1.30. The van der Waals surface area contributed by atoms with E-state index in [1.165, 1.54) is 0 Å². The summed E-state index contributed by atoms with van der Waals surface area (Å²) >= 11 is 5.97. The first kappa shape index (κ1) is 16.8. The summed E-state index contributed by atoms with van der Waals surface area (Å²) in [4.78, 5) is 11.8. The van der Waals surface area contributed by atoms with E-state index in [9.17, 15) is 4.79 Å². The van der Waals surface area contributed by atoms with Crippen LogP contribution in [0.4, 0.5) is 0 Å². The van der Waals surface area contributed by atoms with Gasteiger partial charge < -0.3 is 20.1 Å². The van der Waals surface area contributed by atoms with Gasteiger partial charge in [0.25, 0.3) is 5.91 Å². The number of rotatable bonds is 9. The Labute approximate surface area is 124 Å². The van der Waals surface area contributed by atoms with Crippen molar-refractivity contribution in [2.24, 2.45) is 0 Å². The summed E-state index contributed by atoms with van der Waals surface area (Å²) in [6, 6.07) is 7.08. The third-order valence-electron chi connectivity index (χ3n) is 2.59. The largest absolute Gasteiger partial charge is 0.479 e. The number of hydrogen-bond donors (Lipinski definition) is 2. The molecule has 1 rings (SSSR count). The zero-order valence-electron chi connectivity index (χ0n) is 11.8. The number of hydrogen-bond acceptors (Lipinski definition) is 4. The van der Waals surface area contributed by atoms with Crippen LogP contribution in [0.3, 0.4) is 0 Å². The first-order valence-electron chi connectivity index (χ1n) is 6.53. The molecule has 1 aromatic carbocycles. The fraction of sp³-hybridized carbons (Fsp3) is 0.500. The van der Waals surface area contributed by atoms with Crippen LogP contribution >= 0.6 is 11.6 Å². The summed E-state index contributed by atoms with van der Waals surface area (Å²) in [5.41, 5.74) is 0. The molecule has 1 amide bonds. The molecule has 0 radical (unpaired) electrons. The first-order chi connectivity index (χ1) is 9.65. The van der Waals surface area contributed by atoms with Crippen molar-refractivity contribution in [3.05, 3.63) is 29.3 Å². The van der Waals surface area contributed by atoms with E-state index >= 15 is 0 Å². The van der Waals surface area contributed by atoms with Crippen molar-refractivity contribution >= 4 is 17.5 Å². The SMILES string of the molecule is COCCNCCNC(=O)C(C)Oc1ccccc1Cl. The fourth-order valence-electron chi connectivity index (χ4n) is 1.50. The van der Waals surface area contributed by atoms with Gasteiger partial charge in [-0.05, 0) is 19.1 Å². The van der Waals surface area contributed by atoms with Crippen molar-refractivity contribution in [1.29, 1.82) is 0 Å². The Morgan fingerprint density at radius 3 is 2.75 bits per heavy atom. The molecule has 20 heavy (non-hydrogen) atoms. The van der Waals surface area contributed by atoms with E-state index in [4.69, 9.17) is 21.1 Å². The molecule has 5 nitrogen and oxygen atoms in total. The van der Waals surface area contributed by atoms with Crippen molar-refractivity contribution in [3.63, 3.8) is 0 Å². The highest BCUT2D eigenvalue weighted by molar-refractivity contribution is 6.32. The predicted octanol–water partition coefficient (Wildman–Crippen LogP) is 1.46. The zero-order valence-corrected chi connectivity index (χ0v) is 12.6. The minimum atomic E-state index is -0.589. The highest BCUT2D eigenvalue weighted by Gasteiger charge is 2.15. The first-order valence-corrected chi connectivity index (χ1v) is 6.91. The molecule has 1 aromatic rings. The summed E-state index contributed by atoms with van der Waals surface area (Å²) in [5, 5.41) is 6.42. The average Bonchev–Trinajstić information content (AvgIpc) is 2.44. The number of ether oxygens (including phenoxy) is 2. The van der Waals surface area contributed by atoms with E-state index in [1.54, 1.807) is 26.2 Å². The molecule has 0 fully saturated rings. The molecule has 1 atom stereocenters. The number of nitrogens with one attached hydrogen (secondary N) is 2. The number of methoxy groups -OCH3 is 1. The van der Waals surface area contributed by atoms with E-state index < -0.39 is 6.10 Å². The lowest BCUT2D eigenvalue weighted by atomic mass is 10.3. The Morgan fingerprint density at radius 2 is 2.05 bits per heavy atom. The Bertz CT molecular complexity index is 415. The number of amides is 1. The number of carbonyl (C=O) groups excluding carboxylic acids is 1. The quantitative estimate of drug-likeness (QED) is 0.678. The maximum absolute atomic E-state index is 11.8. The van der Waals surface area contributed by atoms with E-state index in [1.807, 2.05) is 12.1 Å². The van der Waals surface area contributed by atoms with Crippen LogP contribution < -0.4 is 15.4 Å². The van der Waals surface area contributed by atoms with Gasteiger partial charge >= 0.3 is 0 Å². The molecule has 0 aromatic heterocycles. The smallest absolute Gasteiger partial charge is 0.260 e. The monoisotopic (exact) mass is 300 g/mol. The van der Waals surface area contributed by atoms with Gasteiger partial charge in [0.2, 0.25) is 0 Å². The molecular formula is C14H21ClN2O3. The molecule has 0 aliphatic heterocycles. The van der Waals surface area contributed by atoms with Crippen molar-refractivity contribution in [2.45, 2.75) is 13.0 Å². The van der Waals surface area contributed by atoms with Crippen LogP contribution in [0, 0.1) is 0 Å². The van der Waals surface area contributed by atoms with Crippen LogP contribution in [0.5, 0.6) is 5.75 Å². The minimum Gasteiger partial charge on any atom is -0.479 e. The van der Waals surface area contributed by atoms with Crippen LogP contribution in [0.2, 0.25) is 5.02 Å². The van der Waals surface area contributed by atoms with Crippen molar-refractivity contribution in [1.82, 2.24) is 10.6 Å². The zero-order chi connectivity index (χ0) is 14.8. The summed E-state index contributed by atoms with van der Waals surface area (Å²) in [6.07, 6.45) is -0.589. The number of benzene rings is 1. The van der Waals surface area contributed by atoms with Gasteiger partial charge in [-0.15, -0.1) is 0 Å². The third kappa shape index (κ3) is 6.23. The van der Waals surface area contributed by atoms with Crippen molar-refractivity contribution in [3.8, 4) is 5.75 Å². The lowest BCUT2D eigenvalue weighted by molar-refractivity contribution is -0.127. The Morgan fingerprint density at radius 1 is 1.30 bits per heavy atom. The molecule has 0 spiro atoms. The topological polar surface area (TPSA) is 59.6 Å². The van der Waals surface area contributed by atoms with Gasteiger partial charge in [0.15, 0.2) is 6.10 Å². The summed E-state index contributed by atoms with van der Waals surface area (Å²) in [6.45, 7) is 4.34. The molecule has 0 saturated heterocycles. The van der Waals surface area contributed by atoms with Gasteiger partial charge in [-0.25, -0.2) is 0 Å². The summed E-state index contributed by atoms with van der Waals surface area (Å²) in [7, 11) is 1.65. The molecule has 0 aliphatic carbocycles. The normalized spacial score (nSPS) is 11.9. The maximum atomic E-state index is 11.8. The van der Waals surface area contributed by atoms with Crippen LogP contribution in [-0.2, 0) is 9.53 Å². The highest BCUT2D eigenvalue weighted by Crippen LogP contribution is 2.24. The van der Waals surface area contributed by atoms with Gasteiger partial charge in [0, 0.05) is 26.7 Å². The third-order valence-corrected chi connectivity index (χ3v) is 2.91. The Kier molecular flexibility index (Phi) is 8.02. The lowest BCUT2D eigenvalue weighted by Gasteiger charge is -2.15. The van der Waals surface area contributed by atoms with Gasteiger partial charge in [-0.1, -0.05) is 23.7 Å². The number of para-hydroxylation sites is 1. The van der Waals surface area contributed by atoms with Crippen molar-refractivity contribution in [2.75, 3.05) is 33.4 Å². The second-order valence-corrected chi connectivity index (χ2v) is 4.63. The second-order valence-electron chi connectivity index (χ2n) is 4.22. The molecular weight excluding hydrogens is 280 g/mol. The molecule has 112 valence electrons. The summed E-state index contributed by atoms with van der Waals surface area (Å²) in [5.74, 6) is 0.341. The van der Waals surface area contributed by atoms with Crippen LogP contribution in [0.1, 0.15) is 6.92 Å². The molecule has 0 heterocycles. The molecule has 0 saturated carbocycles. The minimum absolute atomic E-state index is 0.168. The maximum Gasteiger partial charge on any atom is 0.260 e. The summed E-state index contributed by atoms with van der Waals surface area (Å²) < 4.78 is 10.4. The molecule has 1 unspecified atom stereocenters. The van der Waals surface area contributed by atoms with Gasteiger partial charge in [-0.2, -0.15) is 0 Å². The van der Waals surface area contributed by atoms with E-state index in [0.29, 0.717) is 30.5 Å². The lowest BCUT2D eigenvalue weighted by Crippen LogP contribution is -2.40. The van der Waals surface area contributed by atoms with Gasteiger partial charge in [0.1, 0.15) is 5.75 Å². The average molecular weight is 301 g/mol. The Balaban J connectivity index is 2.24.